The molecule has 2 rings (SSSR count). The molecular weight excluding hydrogens is 250 g/mol. The van der Waals surface area contributed by atoms with Crippen molar-refractivity contribution in [3.8, 4) is 0 Å². The highest BCUT2D eigenvalue weighted by Gasteiger charge is 2.04. The molecule has 1 heterocycles. The summed E-state index contributed by atoms with van der Waals surface area (Å²) in [5, 5.41) is 1.82. The van der Waals surface area contributed by atoms with Crippen LogP contribution in [0.3, 0.4) is 0 Å². The quantitative estimate of drug-likeness (QED) is 0.562. The topological polar surface area (TPSA) is 12.9 Å². The summed E-state index contributed by atoms with van der Waals surface area (Å²) in [6, 6.07) is 10.3. The van der Waals surface area contributed by atoms with E-state index in [0.29, 0.717) is 5.15 Å². The van der Waals surface area contributed by atoms with E-state index >= 15 is 0 Å². The van der Waals surface area contributed by atoms with Crippen LogP contribution in [0.25, 0.3) is 10.9 Å². The summed E-state index contributed by atoms with van der Waals surface area (Å²) >= 11 is 8.12. The first kappa shape index (κ1) is 12.7. The molecule has 0 unspecified atom stereocenters. The second kappa shape index (κ2) is 6.27. The molecule has 1 aromatic carbocycles. The highest BCUT2D eigenvalue weighted by molar-refractivity contribution is 7.98. The Labute approximate surface area is 112 Å². The van der Waals surface area contributed by atoms with Crippen LogP contribution in [0.15, 0.2) is 30.3 Å². The summed E-state index contributed by atoms with van der Waals surface area (Å²) in [7, 11) is 0. The molecule has 0 amide bonds. The third kappa shape index (κ3) is 3.36. The van der Waals surface area contributed by atoms with E-state index in [1.54, 1.807) is 0 Å². The van der Waals surface area contributed by atoms with Crippen LogP contribution in [0.4, 0.5) is 0 Å². The van der Waals surface area contributed by atoms with E-state index in [2.05, 4.69) is 24.0 Å². The number of rotatable bonds is 5. The fourth-order valence-electron chi connectivity index (χ4n) is 1.67. The first-order chi connectivity index (χ1) is 8.31. The zero-order chi connectivity index (χ0) is 12.1. The Balaban J connectivity index is 2.14. The van der Waals surface area contributed by atoms with Gasteiger partial charge in [0, 0.05) is 16.7 Å². The molecule has 0 bridgehead atoms. The molecule has 0 radical (unpaired) electrons. The monoisotopic (exact) mass is 265 g/mol. The van der Waals surface area contributed by atoms with E-state index in [9.17, 15) is 0 Å². The molecule has 0 spiro atoms. The van der Waals surface area contributed by atoms with Crippen molar-refractivity contribution in [1.82, 2.24) is 4.98 Å². The lowest BCUT2D eigenvalue weighted by atomic mass is 10.2. The van der Waals surface area contributed by atoms with Crippen LogP contribution in [0, 0.1) is 0 Å². The van der Waals surface area contributed by atoms with Crippen molar-refractivity contribution in [3.63, 3.8) is 0 Å². The van der Waals surface area contributed by atoms with Crippen LogP contribution in [-0.4, -0.2) is 10.7 Å². The van der Waals surface area contributed by atoms with Gasteiger partial charge in [-0.2, -0.15) is 11.8 Å². The molecule has 1 aromatic heterocycles. The standard InChI is InChI=1S/C14H16ClNS/c1-2-3-8-17-10-12-9-11-6-4-5-7-13(11)16-14(12)15/h4-7,9H,2-3,8,10H2,1H3. The lowest BCUT2D eigenvalue weighted by Crippen LogP contribution is -1.89. The summed E-state index contributed by atoms with van der Waals surface area (Å²) in [6.07, 6.45) is 2.51. The molecule has 1 nitrogen and oxygen atoms in total. The second-order valence-electron chi connectivity index (χ2n) is 4.04. The van der Waals surface area contributed by atoms with E-state index in [0.717, 1.165) is 16.8 Å². The minimum Gasteiger partial charge on any atom is -0.236 e. The fourth-order valence-corrected chi connectivity index (χ4v) is 3.03. The van der Waals surface area contributed by atoms with Gasteiger partial charge in [0.2, 0.25) is 0 Å². The third-order valence-electron chi connectivity index (χ3n) is 2.65. The average molecular weight is 266 g/mol. The SMILES string of the molecule is CCCCSCc1cc2ccccc2nc1Cl. The third-order valence-corrected chi connectivity index (χ3v) is 4.07. The summed E-state index contributed by atoms with van der Waals surface area (Å²) in [5.41, 5.74) is 2.12. The van der Waals surface area contributed by atoms with Crippen molar-refractivity contribution in [3.05, 3.63) is 41.0 Å². The first-order valence-corrected chi connectivity index (χ1v) is 7.46. The van der Waals surface area contributed by atoms with Gasteiger partial charge in [-0.15, -0.1) is 0 Å². The van der Waals surface area contributed by atoms with Crippen molar-refractivity contribution in [1.29, 1.82) is 0 Å². The van der Waals surface area contributed by atoms with Gasteiger partial charge < -0.3 is 0 Å². The molecule has 0 aliphatic rings. The number of hydrogen-bond donors (Lipinski definition) is 0. The molecule has 0 atom stereocenters. The van der Waals surface area contributed by atoms with Crippen LogP contribution in [-0.2, 0) is 5.75 Å². The number of hydrogen-bond acceptors (Lipinski definition) is 2. The molecule has 2 aromatic rings. The minimum atomic E-state index is 0.646. The molecule has 90 valence electrons. The fraction of sp³-hybridized carbons (Fsp3) is 0.357. The summed E-state index contributed by atoms with van der Waals surface area (Å²) in [5.74, 6) is 2.15. The Kier molecular flexibility index (Phi) is 4.69. The Bertz CT molecular complexity index is 499. The number of aromatic nitrogens is 1. The van der Waals surface area contributed by atoms with Gasteiger partial charge in [-0.05, 0) is 24.3 Å². The first-order valence-electron chi connectivity index (χ1n) is 5.93. The predicted octanol–water partition coefficient (Wildman–Crippen LogP) is 4.92. The van der Waals surface area contributed by atoms with Gasteiger partial charge in [0.25, 0.3) is 0 Å². The molecule has 0 N–H and O–H groups in total. The van der Waals surface area contributed by atoms with Gasteiger partial charge in [-0.1, -0.05) is 43.1 Å². The molecule has 0 saturated heterocycles. The van der Waals surface area contributed by atoms with Gasteiger partial charge in [0.15, 0.2) is 0 Å². The number of unbranched alkanes of at least 4 members (excludes halogenated alkanes) is 1. The zero-order valence-corrected chi connectivity index (χ0v) is 11.5. The molecule has 0 aliphatic carbocycles. The van der Waals surface area contributed by atoms with Gasteiger partial charge in [-0.3, -0.25) is 0 Å². The van der Waals surface area contributed by atoms with Crippen molar-refractivity contribution in [2.45, 2.75) is 25.5 Å². The number of pyridine rings is 1. The average Bonchev–Trinajstić information content (AvgIpc) is 2.35. The molecule has 17 heavy (non-hydrogen) atoms. The van der Waals surface area contributed by atoms with E-state index in [4.69, 9.17) is 11.6 Å². The van der Waals surface area contributed by atoms with Crippen LogP contribution in [0.2, 0.25) is 5.15 Å². The van der Waals surface area contributed by atoms with Crippen LogP contribution in [0.1, 0.15) is 25.3 Å². The van der Waals surface area contributed by atoms with E-state index in [1.165, 1.54) is 24.0 Å². The van der Waals surface area contributed by atoms with Gasteiger partial charge in [0.05, 0.1) is 5.52 Å². The van der Waals surface area contributed by atoms with Crippen molar-refractivity contribution in [2.24, 2.45) is 0 Å². The second-order valence-corrected chi connectivity index (χ2v) is 5.50. The van der Waals surface area contributed by atoms with E-state index in [1.807, 2.05) is 30.0 Å². The Morgan fingerprint density at radius 2 is 2.12 bits per heavy atom. The molecule has 3 heteroatoms. The number of benzene rings is 1. The summed E-state index contributed by atoms with van der Waals surface area (Å²) in [6.45, 7) is 2.21. The van der Waals surface area contributed by atoms with Crippen LogP contribution < -0.4 is 0 Å². The highest BCUT2D eigenvalue weighted by atomic mass is 35.5. The predicted molar refractivity (Wildman–Crippen MR) is 77.8 cm³/mol. The van der Waals surface area contributed by atoms with Crippen molar-refractivity contribution in [2.75, 3.05) is 5.75 Å². The van der Waals surface area contributed by atoms with Gasteiger partial charge in [0.1, 0.15) is 5.15 Å². The Hall–Kier alpha value is -0.730. The molecule has 0 aliphatic heterocycles. The normalized spacial score (nSPS) is 10.9. The zero-order valence-electron chi connectivity index (χ0n) is 9.95. The number of halogens is 1. The lowest BCUT2D eigenvalue weighted by molar-refractivity contribution is 0.896. The smallest absolute Gasteiger partial charge is 0.133 e. The number of thioether (sulfide) groups is 1. The maximum absolute atomic E-state index is 6.19. The van der Waals surface area contributed by atoms with E-state index < -0.39 is 0 Å². The number of nitrogens with zero attached hydrogens (tertiary/aromatic N) is 1. The van der Waals surface area contributed by atoms with E-state index in [-0.39, 0.29) is 0 Å². The Morgan fingerprint density at radius 3 is 2.94 bits per heavy atom. The van der Waals surface area contributed by atoms with Crippen molar-refractivity contribution >= 4 is 34.3 Å². The molecule has 0 fully saturated rings. The maximum Gasteiger partial charge on any atom is 0.133 e. The lowest BCUT2D eigenvalue weighted by Gasteiger charge is -2.05. The summed E-state index contributed by atoms with van der Waals surface area (Å²) < 4.78 is 0. The molecule has 0 saturated carbocycles. The van der Waals surface area contributed by atoms with Gasteiger partial charge in [-0.25, -0.2) is 4.98 Å². The largest absolute Gasteiger partial charge is 0.236 e. The van der Waals surface area contributed by atoms with Crippen LogP contribution in [0.5, 0.6) is 0 Å². The van der Waals surface area contributed by atoms with Gasteiger partial charge >= 0.3 is 0 Å². The minimum absolute atomic E-state index is 0.646. The number of para-hydroxylation sites is 1. The van der Waals surface area contributed by atoms with Crippen molar-refractivity contribution < 1.29 is 0 Å². The maximum atomic E-state index is 6.19. The molecular formula is C14H16ClNS. The highest BCUT2D eigenvalue weighted by Crippen LogP contribution is 2.24. The number of fused-ring (bicyclic) bond motifs is 1. The summed E-state index contributed by atoms with van der Waals surface area (Å²) in [4.78, 5) is 4.43. The van der Waals surface area contributed by atoms with Crippen LogP contribution >= 0.6 is 23.4 Å². The Morgan fingerprint density at radius 1 is 1.29 bits per heavy atom.